The van der Waals surface area contributed by atoms with E-state index in [0.717, 1.165) is 260 Å². The zero-order valence-corrected chi connectivity index (χ0v) is 85.8. The average Bonchev–Trinajstić information content (AvgIpc) is 0.820. The SMILES string of the molecule is C.CC(=O)c1ccc(C(=C2CCNCC2)c2cc(C)cc(Cl)c2)cc1.CC(=O)c1ccc(C(=C2CCNCC2)c2ccc(C)cc2)cc1.CC(=O)c1ccc(C(=C2CCNCC2)c2ccc(C)cc2Cl)cc1.CC(=O)c1ccc(C(=C2CCNCC2)c2ccc(F)c(C)c2)cc1.CC(=O)c1ccc(C(=C2CCNCC2)c2cccc(C(C)=O)c2)cc1.CC(=O)c1ccc(C(=C2CCNCC2)c2ccccc2F)cc1. The van der Waals surface area contributed by atoms with Crippen molar-refractivity contribution in [2.45, 2.75) is 161 Å². The number of aryl methyl sites for hydroxylation is 4. The van der Waals surface area contributed by atoms with Gasteiger partial charge in [0.2, 0.25) is 0 Å². The van der Waals surface area contributed by atoms with Crippen molar-refractivity contribution in [2.24, 2.45) is 0 Å². The van der Waals surface area contributed by atoms with Crippen molar-refractivity contribution in [2.75, 3.05) is 78.5 Å². The van der Waals surface area contributed by atoms with Crippen LogP contribution in [-0.4, -0.2) is 119 Å². The molecular formula is C127H136Cl2F2N6O7. The monoisotopic (exact) mass is 1960 g/mol. The maximum atomic E-state index is 14.4. The highest BCUT2D eigenvalue weighted by Crippen LogP contribution is 2.41. The molecule has 12 aromatic carbocycles. The first-order chi connectivity index (χ1) is 69.0. The summed E-state index contributed by atoms with van der Waals surface area (Å²) in [4.78, 5) is 81.0. The summed E-state index contributed by atoms with van der Waals surface area (Å²) in [5.41, 5.74) is 37.8. The normalized spacial score (nSPS) is 14.4. The minimum absolute atomic E-state index is 0. The van der Waals surface area contributed by atoms with E-state index in [1.165, 1.54) is 90.1 Å². The van der Waals surface area contributed by atoms with Crippen molar-refractivity contribution in [1.82, 2.24) is 31.9 Å². The van der Waals surface area contributed by atoms with Gasteiger partial charge in [-0.2, -0.15) is 0 Å². The summed E-state index contributed by atoms with van der Waals surface area (Å²) >= 11 is 12.9. The fourth-order valence-electron chi connectivity index (χ4n) is 19.3. The van der Waals surface area contributed by atoms with E-state index in [1.807, 2.05) is 182 Å². The van der Waals surface area contributed by atoms with E-state index in [4.69, 9.17) is 23.2 Å². The molecule has 144 heavy (non-hydrogen) atoms. The summed E-state index contributed by atoms with van der Waals surface area (Å²) in [6, 6.07) is 88.1. The van der Waals surface area contributed by atoms with Gasteiger partial charge in [0.15, 0.2) is 40.5 Å². The minimum atomic E-state index is -0.204. The second kappa shape index (κ2) is 54.1. The number of Topliss-reactive ketones (excluding diaryl/α,β-unsaturated/α-hetero) is 7. The lowest BCUT2D eigenvalue weighted by Crippen LogP contribution is -2.24. The molecule has 0 bridgehead atoms. The van der Waals surface area contributed by atoms with Gasteiger partial charge in [0.1, 0.15) is 11.6 Å². The van der Waals surface area contributed by atoms with Gasteiger partial charge in [-0.25, -0.2) is 8.78 Å². The van der Waals surface area contributed by atoms with Gasteiger partial charge in [-0.15, -0.1) is 0 Å². The van der Waals surface area contributed by atoms with Crippen LogP contribution in [0.5, 0.6) is 0 Å². The zero-order valence-electron chi connectivity index (χ0n) is 84.3. The fourth-order valence-corrected chi connectivity index (χ4v) is 19.9. The number of ketones is 7. The molecule has 6 heterocycles. The molecule has 0 aliphatic carbocycles. The van der Waals surface area contributed by atoms with Gasteiger partial charge in [0.05, 0.1) is 0 Å². The third-order valence-electron chi connectivity index (χ3n) is 27.1. The molecule has 12 aromatic rings. The van der Waals surface area contributed by atoms with Gasteiger partial charge in [0.25, 0.3) is 0 Å². The highest BCUT2D eigenvalue weighted by Gasteiger charge is 2.25. The first-order valence-electron chi connectivity index (χ1n) is 50.0. The summed E-state index contributed by atoms with van der Waals surface area (Å²) in [7, 11) is 0. The Morgan fingerprint density at radius 1 is 0.215 bits per heavy atom. The smallest absolute Gasteiger partial charge is 0.159 e. The molecule has 6 aliphatic rings. The number of benzene rings is 12. The maximum absolute atomic E-state index is 14.4. The highest BCUT2D eigenvalue weighted by molar-refractivity contribution is 6.33. The predicted molar refractivity (Wildman–Crippen MR) is 592 cm³/mol. The number of piperidine rings is 6. The number of rotatable bonds is 19. The molecule has 0 aromatic heterocycles. The molecule has 13 nitrogen and oxygen atoms in total. The Balaban J connectivity index is 0.000000154. The average molecular weight is 1970 g/mol. The zero-order chi connectivity index (χ0) is 102. The molecule has 0 saturated carbocycles. The van der Waals surface area contributed by atoms with Crippen molar-refractivity contribution < 1.29 is 42.3 Å². The highest BCUT2D eigenvalue weighted by atomic mass is 35.5. The molecule has 0 radical (unpaired) electrons. The molecular weight excluding hydrogens is 1830 g/mol. The van der Waals surface area contributed by atoms with E-state index in [9.17, 15) is 42.3 Å². The van der Waals surface area contributed by atoms with E-state index >= 15 is 0 Å². The maximum Gasteiger partial charge on any atom is 0.159 e. The molecule has 6 N–H and O–H groups in total. The Kier molecular flexibility index (Phi) is 41.2. The summed E-state index contributed by atoms with van der Waals surface area (Å²) in [6.07, 6.45) is 12.1. The molecule has 6 fully saturated rings. The summed E-state index contributed by atoms with van der Waals surface area (Å²) in [5.74, 6) is 0.160. The molecule has 18 rings (SSSR count). The van der Waals surface area contributed by atoms with Crippen LogP contribution in [0.1, 0.15) is 294 Å². The Labute approximate surface area is 860 Å². The Hall–Kier alpha value is -13.0. The van der Waals surface area contributed by atoms with Crippen LogP contribution >= 0.6 is 23.2 Å². The van der Waals surface area contributed by atoms with Crippen LogP contribution in [0.15, 0.2) is 306 Å². The van der Waals surface area contributed by atoms with E-state index in [-0.39, 0.29) is 59.5 Å². The first kappa shape index (κ1) is 110. The van der Waals surface area contributed by atoms with Crippen LogP contribution in [-0.2, 0) is 0 Å². The van der Waals surface area contributed by atoms with Crippen LogP contribution in [0.25, 0.3) is 33.4 Å². The number of hydrogen-bond acceptors (Lipinski definition) is 13. The van der Waals surface area contributed by atoms with Crippen molar-refractivity contribution in [3.63, 3.8) is 0 Å². The van der Waals surface area contributed by atoms with Crippen molar-refractivity contribution in [1.29, 1.82) is 0 Å². The molecule has 17 heteroatoms. The molecule has 6 saturated heterocycles. The lowest BCUT2D eigenvalue weighted by molar-refractivity contribution is 0.100. The van der Waals surface area contributed by atoms with Gasteiger partial charge in [-0.1, -0.05) is 300 Å². The van der Waals surface area contributed by atoms with Crippen molar-refractivity contribution in [3.05, 3.63) is 456 Å². The number of nitrogens with one attached hydrogen (secondary N) is 6. The number of hydrogen-bond donors (Lipinski definition) is 6. The largest absolute Gasteiger partial charge is 0.316 e. The Morgan fingerprint density at radius 3 is 0.778 bits per heavy atom. The van der Waals surface area contributed by atoms with Crippen LogP contribution in [0.3, 0.4) is 0 Å². The van der Waals surface area contributed by atoms with E-state index in [0.29, 0.717) is 22.3 Å². The predicted octanol–water partition coefficient (Wildman–Crippen LogP) is 28.1. The molecule has 744 valence electrons. The second-order valence-corrected chi connectivity index (χ2v) is 38.5. The quantitative estimate of drug-likeness (QED) is 0.0420. The first-order valence-corrected chi connectivity index (χ1v) is 50.8. The summed E-state index contributed by atoms with van der Waals surface area (Å²) < 4.78 is 28.1. The lowest BCUT2D eigenvalue weighted by Gasteiger charge is -2.22. The second-order valence-electron chi connectivity index (χ2n) is 37.6. The van der Waals surface area contributed by atoms with E-state index in [1.54, 1.807) is 61.5 Å². The number of halogens is 4. The van der Waals surface area contributed by atoms with E-state index in [2.05, 4.69) is 125 Å². The summed E-state index contributed by atoms with van der Waals surface area (Å²) in [6.45, 7) is 30.9. The van der Waals surface area contributed by atoms with Crippen molar-refractivity contribution in [3.8, 4) is 0 Å². The molecule has 6 aliphatic heterocycles. The van der Waals surface area contributed by atoms with Gasteiger partial charge >= 0.3 is 0 Å². The van der Waals surface area contributed by atoms with Gasteiger partial charge < -0.3 is 31.9 Å². The lowest BCUT2D eigenvalue weighted by atomic mass is 9.87. The third-order valence-corrected chi connectivity index (χ3v) is 27.6. The fraction of sp³-hybridized carbons (Fsp3) is 0.283. The Bertz CT molecular complexity index is 6720. The van der Waals surface area contributed by atoms with Crippen LogP contribution in [0, 0.1) is 39.3 Å². The van der Waals surface area contributed by atoms with Gasteiger partial charge in [-0.05, 0) is 380 Å². The minimum Gasteiger partial charge on any atom is -0.316 e. The van der Waals surface area contributed by atoms with Crippen molar-refractivity contribution >= 4 is 97.1 Å². The van der Waals surface area contributed by atoms with Crippen LogP contribution in [0.4, 0.5) is 8.78 Å². The Morgan fingerprint density at radius 2 is 0.472 bits per heavy atom. The molecule has 0 atom stereocenters. The van der Waals surface area contributed by atoms with Gasteiger partial charge in [0, 0.05) is 60.1 Å². The molecule has 0 unspecified atom stereocenters. The van der Waals surface area contributed by atoms with Crippen LogP contribution in [0.2, 0.25) is 10.0 Å². The van der Waals surface area contributed by atoms with E-state index < -0.39 is 0 Å². The number of carbonyl (C=O) groups is 7. The van der Waals surface area contributed by atoms with Crippen LogP contribution < -0.4 is 31.9 Å². The topological polar surface area (TPSA) is 192 Å². The number of carbonyl (C=O) groups excluding carboxylic acids is 7. The molecule has 0 spiro atoms. The third kappa shape index (κ3) is 30.3. The molecule has 0 amide bonds. The van der Waals surface area contributed by atoms with Gasteiger partial charge in [-0.3, -0.25) is 33.6 Å². The standard InChI is InChI=1S/C22H23NO2.2C21H22ClNO.C21H22FNO.C21H23NO.C20H20FNO.CH4/c1-15(24)17-6-8-18(9-7-17)22(19-10-12-23-13-11-19)21-5-3-4-20(14-21)16(2)25;1-14-3-8-19(20(22)13-14)21(18-9-11-23-12-10-18)17-6-4-16(5-7-17)15(2)24;1-14-11-19(13-20(22)12-14)21(18-7-9-23-10-8-18)17-5-3-16(4-6-17)15(2)24;1-14-13-19(7-8-20(14)22)21(18-9-11-23-12-10-18)17-5-3-16(4-6-17)15(2)24;1-15-3-5-18(6-4-15)21(20-11-13-22-14-12-20)19-9-7-17(8-10-19)16(2)23;1-14(23)15-6-8-16(9-7-15)20(17-10-12-22-13-11-17)18-4-2-3-5-19(18)21;/h3-9,14,23H,10-13H2,1-2H3;3-8,13,23H,9-12H2,1-2H3;3-6,11-13,23H,7-10H2,1-2H3;3-8,13,23H,9-12H2,1-2H3;3-10,22H,11-14H2,1-2H3;2-9,22H,10-13H2,1H3;1H4. The summed E-state index contributed by atoms with van der Waals surface area (Å²) in [5, 5.41) is 21.9.